The zero-order valence-corrected chi connectivity index (χ0v) is 25.5. The second kappa shape index (κ2) is 13.8. The average Bonchev–Trinajstić information content (AvgIpc) is 3.48. The fourth-order valence-electron chi connectivity index (χ4n) is 4.72. The average molecular weight is 644 g/mol. The third-order valence-electron chi connectivity index (χ3n) is 6.97. The first kappa shape index (κ1) is 33.6. The lowest BCUT2D eigenvalue weighted by Gasteiger charge is -2.25. The summed E-state index contributed by atoms with van der Waals surface area (Å²) in [5.74, 6) is -5.22. The smallest absolute Gasteiger partial charge is 0.459 e. The molecular formula is C27H36F2N5O9P. The molecule has 1 amide bonds. The summed E-state index contributed by atoms with van der Waals surface area (Å²) in [5, 5.41) is 15.4. The quantitative estimate of drug-likeness (QED) is 0.228. The molecule has 1 aromatic carbocycles. The molecule has 0 spiro atoms. The van der Waals surface area contributed by atoms with Gasteiger partial charge in [-0.25, -0.2) is 9.36 Å². The predicted octanol–water partition coefficient (Wildman–Crippen LogP) is 2.30. The van der Waals surface area contributed by atoms with Crippen molar-refractivity contribution in [2.24, 2.45) is 0 Å². The summed E-state index contributed by atoms with van der Waals surface area (Å²) in [6, 6.07) is 7.31. The third kappa shape index (κ3) is 7.86. The second-order valence-corrected chi connectivity index (χ2v) is 12.5. The van der Waals surface area contributed by atoms with Crippen LogP contribution < -0.4 is 20.6 Å². The summed E-state index contributed by atoms with van der Waals surface area (Å²) >= 11 is 0. The summed E-state index contributed by atoms with van der Waals surface area (Å²) in [6.07, 6.45) is -4.64. The molecule has 0 saturated carbocycles. The molecule has 0 aliphatic carbocycles. The van der Waals surface area contributed by atoms with Crippen molar-refractivity contribution < 1.29 is 46.6 Å². The number of hydrogen-bond acceptors (Lipinski definition) is 11. The van der Waals surface area contributed by atoms with Crippen molar-refractivity contribution in [1.82, 2.24) is 19.5 Å². The maximum atomic E-state index is 15.2. The van der Waals surface area contributed by atoms with E-state index in [9.17, 15) is 24.1 Å². The van der Waals surface area contributed by atoms with Crippen LogP contribution in [-0.2, 0) is 28.2 Å². The number of hydrogen-bond donors (Lipinski definition) is 3. The van der Waals surface area contributed by atoms with Crippen molar-refractivity contribution in [3.63, 3.8) is 0 Å². The highest BCUT2D eigenvalue weighted by Gasteiger charge is 2.60. The molecule has 2 aromatic rings. The first-order valence-corrected chi connectivity index (χ1v) is 15.5. The van der Waals surface area contributed by atoms with Crippen LogP contribution in [0.2, 0.25) is 0 Å². The molecule has 17 heteroatoms. The van der Waals surface area contributed by atoms with Crippen LogP contribution in [0.3, 0.4) is 0 Å². The number of alkyl halides is 2. The first-order chi connectivity index (χ1) is 20.7. The molecule has 1 aromatic heterocycles. The second-order valence-electron chi connectivity index (χ2n) is 10.8. The van der Waals surface area contributed by atoms with Crippen molar-refractivity contribution in [3.8, 4) is 5.75 Å². The number of esters is 1. The fraction of sp³-hybridized carbons (Fsp3) is 0.556. The van der Waals surface area contributed by atoms with E-state index in [0.29, 0.717) is 11.0 Å². The van der Waals surface area contributed by atoms with Gasteiger partial charge in [0, 0.05) is 6.20 Å². The maximum absolute atomic E-state index is 15.2. The number of aliphatic hydroxyl groups excluding tert-OH is 1. The number of carbonyl (C=O) groups is 2. The standard InChI is InChI=1S/C27H36F2N5O9P/c1-16(2)41-24(37)17(3)32-44(39,43-18-9-6-5-7-10-18)40-15-20-22(35)27(28,29)25(42-20)34-14-12-21(31-26(34)38)30-23(36)19-11-8-13-33(19)4/h5-7,9-10,12,14,16-17,19-20,22,25,35H,8,11,13,15H2,1-4H3,(H,32,39)(H,30,31,36,38)/t17-,19-,20?,22-,25-,44?/m1/s1. The largest absolute Gasteiger partial charge is 0.462 e. The molecule has 3 N–H and O–H groups in total. The number of aliphatic hydroxyl groups is 1. The van der Waals surface area contributed by atoms with Crippen LogP contribution in [0.1, 0.15) is 39.8 Å². The van der Waals surface area contributed by atoms with E-state index >= 15 is 8.78 Å². The number of carbonyl (C=O) groups excluding carboxylic acids is 2. The number of benzene rings is 1. The Bertz CT molecular complexity index is 1430. The van der Waals surface area contributed by atoms with E-state index in [0.717, 1.165) is 25.2 Å². The Balaban J connectivity index is 1.47. The van der Waals surface area contributed by atoms with Crippen LogP contribution in [0.5, 0.6) is 5.75 Å². The highest BCUT2D eigenvalue weighted by molar-refractivity contribution is 7.52. The van der Waals surface area contributed by atoms with Crippen molar-refractivity contribution in [3.05, 3.63) is 53.1 Å². The van der Waals surface area contributed by atoms with E-state index in [1.807, 2.05) is 4.90 Å². The fourth-order valence-corrected chi connectivity index (χ4v) is 6.23. The molecule has 3 heterocycles. The number of anilines is 1. The van der Waals surface area contributed by atoms with Gasteiger partial charge in [-0.1, -0.05) is 18.2 Å². The highest BCUT2D eigenvalue weighted by Crippen LogP contribution is 2.48. The number of ether oxygens (including phenoxy) is 2. The van der Waals surface area contributed by atoms with Gasteiger partial charge in [0.15, 0.2) is 6.10 Å². The van der Waals surface area contributed by atoms with E-state index in [4.69, 9.17) is 18.5 Å². The SMILES string of the molecule is CC(C)OC(=O)[C@@H](C)NP(=O)(OCC1O[C@@H](n2ccc(NC(=O)[C@H]3CCCN3C)nc2=O)C(F)(F)[C@@H]1O)Oc1ccccc1. The minimum atomic E-state index is -4.46. The number of aromatic nitrogens is 2. The number of para-hydroxylation sites is 1. The van der Waals surface area contributed by atoms with E-state index in [-0.39, 0.29) is 17.5 Å². The van der Waals surface area contributed by atoms with Crippen LogP contribution in [0, 0.1) is 0 Å². The molecule has 2 aliphatic rings. The number of rotatable bonds is 12. The number of nitrogens with one attached hydrogen (secondary N) is 2. The van der Waals surface area contributed by atoms with Crippen LogP contribution in [-0.4, -0.2) is 88.0 Å². The third-order valence-corrected chi connectivity index (χ3v) is 8.61. The number of amides is 1. The minimum absolute atomic E-state index is 0.0771. The van der Waals surface area contributed by atoms with Crippen LogP contribution in [0.4, 0.5) is 14.6 Å². The van der Waals surface area contributed by atoms with Crippen LogP contribution in [0.25, 0.3) is 0 Å². The van der Waals surface area contributed by atoms with Gasteiger partial charge >= 0.3 is 25.3 Å². The molecule has 14 nitrogen and oxygen atoms in total. The van der Waals surface area contributed by atoms with Crippen molar-refractivity contribution >= 4 is 25.4 Å². The van der Waals surface area contributed by atoms with Gasteiger partial charge in [0.05, 0.1) is 18.8 Å². The molecule has 0 radical (unpaired) electrons. The van der Waals surface area contributed by atoms with Crippen molar-refractivity contribution in [2.45, 2.75) is 76.2 Å². The van der Waals surface area contributed by atoms with Gasteiger partial charge in [0.25, 0.3) is 0 Å². The van der Waals surface area contributed by atoms with Gasteiger partial charge in [-0.2, -0.15) is 18.9 Å². The Morgan fingerprint density at radius 1 is 1.23 bits per heavy atom. The van der Waals surface area contributed by atoms with Gasteiger partial charge in [0.1, 0.15) is 23.7 Å². The van der Waals surface area contributed by atoms with Gasteiger partial charge in [-0.3, -0.25) is 23.6 Å². The molecule has 2 saturated heterocycles. The topological polar surface area (TPSA) is 171 Å². The number of halogens is 2. The van der Waals surface area contributed by atoms with Crippen molar-refractivity contribution in [2.75, 3.05) is 25.5 Å². The van der Waals surface area contributed by atoms with Gasteiger partial charge in [-0.15, -0.1) is 0 Å². The maximum Gasteiger partial charge on any atom is 0.459 e. The van der Waals surface area contributed by atoms with E-state index in [2.05, 4.69) is 15.4 Å². The summed E-state index contributed by atoms with van der Waals surface area (Å²) in [5.41, 5.74) is -1.17. The normalized spacial score (nSPS) is 25.4. The summed E-state index contributed by atoms with van der Waals surface area (Å²) in [4.78, 5) is 43.1. The Kier molecular flexibility index (Phi) is 10.5. The molecule has 2 aliphatic heterocycles. The van der Waals surface area contributed by atoms with Crippen LogP contribution >= 0.6 is 7.75 Å². The van der Waals surface area contributed by atoms with E-state index in [1.165, 1.54) is 19.1 Å². The molecule has 6 atom stereocenters. The Hall–Kier alpha value is -3.27. The summed E-state index contributed by atoms with van der Waals surface area (Å²) in [7, 11) is -2.67. The first-order valence-electron chi connectivity index (χ1n) is 14.0. The predicted molar refractivity (Wildman–Crippen MR) is 152 cm³/mol. The zero-order chi connectivity index (χ0) is 32.2. The monoisotopic (exact) mass is 643 g/mol. The lowest BCUT2D eigenvalue weighted by Crippen LogP contribution is -2.42. The highest BCUT2D eigenvalue weighted by atomic mass is 31.2. The summed E-state index contributed by atoms with van der Waals surface area (Å²) in [6.45, 7) is 4.44. The summed E-state index contributed by atoms with van der Waals surface area (Å²) < 4.78 is 65.9. The zero-order valence-electron chi connectivity index (χ0n) is 24.6. The molecule has 44 heavy (non-hydrogen) atoms. The van der Waals surface area contributed by atoms with E-state index in [1.54, 1.807) is 39.1 Å². The molecule has 4 rings (SSSR count). The Morgan fingerprint density at radius 3 is 2.55 bits per heavy atom. The molecule has 2 fully saturated rings. The molecule has 0 bridgehead atoms. The number of likely N-dealkylation sites (N-methyl/N-ethyl adjacent to an activating group) is 1. The number of likely N-dealkylation sites (tertiary alicyclic amines) is 1. The van der Waals surface area contributed by atoms with Gasteiger partial charge in [0.2, 0.25) is 12.1 Å². The Morgan fingerprint density at radius 2 is 1.93 bits per heavy atom. The van der Waals surface area contributed by atoms with Gasteiger partial charge < -0.3 is 24.4 Å². The van der Waals surface area contributed by atoms with E-state index < -0.39 is 68.6 Å². The minimum Gasteiger partial charge on any atom is -0.462 e. The van der Waals surface area contributed by atoms with Crippen LogP contribution in [0.15, 0.2) is 47.4 Å². The van der Waals surface area contributed by atoms with Gasteiger partial charge in [-0.05, 0) is 65.4 Å². The lowest BCUT2D eigenvalue weighted by atomic mass is 10.1. The Labute approximate surface area is 252 Å². The lowest BCUT2D eigenvalue weighted by molar-refractivity contribution is -0.149. The molecule has 2 unspecified atom stereocenters. The molecule has 242 valence electrons. The van der Waals surface area contributed by atoms with Crippen molar-refractivity contribution in [1.29, 1.82) is 0 Å². The number of nitrogens with zero attached hydrogens (tertiary/aromatic N) is 3. The molecular weight excluding hydrogens is 607 g/mol.